The van der Waals surface area contributed by atoms with Gasteiger partial charge in [-0.2, -0.15) is 0 Å². The fourth-order valence-electron chi connectivity index (χ4n) is 1.86. The number of carbonyl (C=O) groups excluding carboxylic acids is 1. The van der Waals surface area contributed by atoms with Gasteiger partial charge >= 0.3 is 0 Å². The zero-order chi connectivity index (χ0) is 10.7. The minimum atomic E-state index is 0.136. The van der Waals surface area contributed by atoms with Crippen LogP contribution in [-0.2, 0) is 0 Å². The van der Waals surface area contributed by atoms with Gasteiger partial charge in [0.2, 0.25) is 0 Å². The monoisotopic (exact) mass is 220 g/mol. The smallest absolute Gasteiger partial charge is 0.188 e. The Morgan fingerprint density at radius 3 is 2.80 bits per heavy atom. The summed E-state index contributed by atoms with van der Waals surface area (Å²) in [4.78, 5) is 12.0. The molecule has 0 spiro atoms. The van der Waals surface area contributed by atoms with Crippen molar-refractivity contribution in [2.45, 2.75) is 25.7 Å². The molecule has 0 N–H and O–H groups in total. The maximum atomic E-state index is 12.0. The molecule has 1 nitrogen and oxygen atoms in total. The molecule has 0 saturated carbocycles. The van der Waals surface area contributed by atoms with Crippen LogP contribution in [-0.4, -0.2) is 5.78 Å². The fraction of sp³-hybridized carbons (Fsp3) is 0.308. The van der Waals surface area contributed by atoms with Crippen LogP contribution < -0.4 is 0 Å². The van der Waals surface area contributed by atoms with Crippen molar-refractivity contribution in [3.8, 4) is 0 Å². The van der Waals surface area contributed by atoms with Gasteiger partial charge in [-0.05, 0) is 43.4 Å². The molecule has 2 heteroatoms. The molecule has 15 heavy (non-hydrogen) atoms. The highest BCUT2D eigenvalue weighted by Crippen LogP contribution is 2.22. The first-order valence-corrected chi connectivity index (χ1v) is 5.64. The molecule has 1 aliphatic carbocycles. The van der Waals surface area contributed by atoms with E-state index >= 15 is 0 Å². The second kappa shape index (κ2) is 4.63. The van der Waals surface area contributed by atoms with Crippen LogP contribution in [0.3, 0.4) is 0 Å². The first-order valence-electron chi connectivity index (χ1n) is 5.26. The average molecular weight is 221 g/mol. The largest absolute Gasteiger partial charge is 0.289 e. The number of hydrogen-bond donors (Lipinski definition) is 0. The fourth-order valence-corrected chi connectivity index (χ4v) is 2.05. The molecule has 2 rings (SSSR count). The number of carbonyl (C=O) groups is 1. The quantitative estimate of drug-likeness (QED) is 0.688. The van der Waals surface area contributed by atoms with Crippen molar-refractivity contribution in [3.63, 3.8) is 0 Å². The number of benzene rings is 1. The van der Waals surface area contributed by atoms with Crippen molar-refractivity contribution in [3.05, 3.63) is 46.5 Å². The molecule has 1 aromatic rings. The number of hydrogen-bond acceptors (Lipinski definition) is 1. The van der Waals surface area contributed by atoms with Gasteiger partial charge in [-0.15, -0.1) is 0 Å². The van der Waals surface area contributed by atoms with Gasteiger partial charge in [-0.1, -0.05) is 29.8 Å². The van der Waals surface area contributed by atoms with E-state index in [0.717, 1.165) is 24.8 Å². The van der Waals surface area contributed by atoms with Gasteiger partial charge in [0.05, 0.1) is 0 Å². The highest BCUT2D eigenvalue weighted by Gasteiger charge is 2.14. The molecule has 0 aromatic heterocycles. The molecule has 1 aliphatic rings. The van der Waals surface area contributed by atoms with Gasteiger partial charge < -0.3 is 0 Å². The highest BCUT2D eigenvalue weighted by atomic mass is 35.5. The molecule has 1 aromatic carbocycles. The van der Waals surface area contributed by atoms with E-state index in [4.69, 9.17) is 11.6 Å². The van der Waals surface area contributed by atoms with E-state index in [1.807, 2.05) is 12.1 Å². The lowest BCUT2D eigenvalue weighted by molar-refractivity contribution is 0.102. The van der Waals surface area contributed by atoms with E-state index in [1.165, 1.54) is 6.42 Å². The number of ketones is 1. The molecule has 0 atom stereocenters. The van der Waals surface area contributed by atoms with Crippen molar-refractivity contribution in [1.82, 2.24) is 0 Å². The lowest BCUT2D eigenvalue weighted by Gasteiger charge is -2.11. The van der Waals surface area contributed by atoms with Crippen molar-refractivity contribution >= 4 is 17.4 Å². The summed E-state index contributed by atoms with van der Waals surface area (Å²) in [6, 6.07) is 7.16. The predicted octanol–water partition coefficient (Wildman–Crippen LogP) is 4.02. The minimum absolute atomic E-state index is 0.136. The minimum Gasteiger partial charge on any atom is -0.289 e. The first-order chi connectivity index (χ1) is 7.27. The van der Waals surface area contributed by atoms with Crippen LogP contribution >= 0.6 is 11.6 Å². The van der Waals surface area contributed by atoms with E-state index in [-0.39, 0.29) is 5.78 Å². The number of allylic oxidation sites excluding steroid dienone is 2. The Bertz CT molecular complexity index is 407. The summed E-state index contributed by atoms with van der Waals surface area (Å²) in [6.07, 6.45) is 6.32. The van der Waals surface area contributed by atoms with Gasteiger partial charge in [-0.25, -0.2) is 0 Å². The third-order valence-corrected chi connectivity index (χ3v) is 2.90. The summed E-state index contributed by atoms with van der Waals surface area (Å²) < 4.78 is 0. The molecular formula is C13H13ClO. The van der Waals surface area contributed by atoms with E-state index in [0.29, 0.717) is 10.6 Å². The van der Waals surface area contributed by atoms with Crippen LogP contribution in [0.1, 0.15) is 36.0 Å². The third-order valence-electron chi connectivity index (χ3n) is 2.67. The van der Waals surface area contributed by atoms with Crippen LogP contribution in [0.4, 0.5) is 0 Å². The van der Waals surface area contributed by atoms with Gasteiger partial charge in [-0.3, -0.25) is 4.79 Å². The molecule has 0 aliphatic heterocycles. The Morgan fingerprint density at radius 2 is 2.13 bits per heavy atom. The summed E-state index contributed by atoms with van der Waals surface area (Å²) in [5.74, 6) is 0.136. The Morgan fingerprint density at radius 1 is 1.27 bits per heavy atom. The van der Waals surface area contributed by atoms with Crippen LogP contribution in [0.15, 0.2) is 35.9 Å². The zero-order valence-corrected chi connectivity index (χ0v) is 9.26. The summed E-state index contributed by atoms with van der Waals surface area (Å²) in [6.45, 7) is 0. The number of halogens is 1. The van der Waals surface area contributed by atoms with E-state index < -0.39 is 0 Å². The summed E-state index contributed by atoms with van der Waals surface area (Å²) in [5.41, 5.74) is 1.65. The van der Waals surface area contributed by atoms with Crippen molar-refractivity contribution in [2.24, 2.45) is 0 Å². The molecule has 78 valence electrons. The second-order valence-electron chi connectivity index (χ2n) is 3.81. The highest BCUT2D eigenvalue weighted by molar-refractivity contribution is 6.31. The molecule has 0 heterocycles. The maximum absolute atomic E-state index is 12.0. The summed E-state index contributed by atoms with van der Waals surface area (Å²) >= 11 is 5.86. The maximum Gasteiger partial charge on any atom is 0.188 e. The Hall–Kier alpha value is -1.08. The number of rotatable bonds is 2. The molecule has 0 radical (unpaired) electrons. The van der Waals surface area contributed by atoms with Crippen LogP contribution in [0.2, 0.25) is 5.02 Å². The van der Waals surface area contributed by atoms with Crippen LogP contribution in [0, 0.1) is 0 Å². The lowest BCUT2D eigenvalue weighted by Crippen LogP contribution is -2.06. The summed E-state index contributed by atoms with van der Waals surface area (Å²) in [7, 11) is 0. The molecule has 0 fully saturated rings. The van der Waals surface area contributed by atoms with E-state index in [2.05, 4.69) is 6.08 Å². The standard InChI is InChI=1S/C13H13ClO/c14-12-8-4-7-11(9-12)13(15)10-5-2-1-3-6-10/h4-5,7-9H,1-3,6H2. The van der Waals surface area contributed by atoms with E-state index in [1.54, 1.807) is 12.1 Å². The van der Waals surface area contributed by atoms with Crippen molar-refractivity contribution in [2.75, 3.05) is 0 Å². The molecule has 0 bridgehead atoms. The van der Waals surface area contributed by atoms with Crippen molar-refractivity contribution in [1.29, 1.82) is 0 Å². The van der Waals surface area contributed by atoms with Gasteiger partial charge in [0.25, 0.3) is 0 Å². The topological polar surface area (TPSA) is 17.1 Å². The first kappa shape index (κ1) is 10.4. The van der Waals surface area contributed by atoms with Crippen LogP contribution in [0.25, 0.3) is 0 Å². The lowest BCUT2D eigenvalue weighted by atomic mass is 9.93. The normalized spacial score (nSPS) is 15.9. The molecule has 0 unspecified atom stereocenters. The number of Topliss-reactive ketones (excluding diaryl/α,β-unsaturated/α-hetero) is 1. The van der Waals surface area contributed by atoms with Gasteiger partial charge in [0, 0.05) is 10.6 Å². The Balaban J connectivity index is 2.24. The summed E-state index contributed by atoms with van der Waals surface area (Å²) in [5, 5.41) is 0.622. The SMILES string of the molecule is O=C(C1=CCCCC1)c1cccc(Cl)c1. The van der Waals surface area contributed by atoms with Crippen molar-refractivity contribution < 1.29 is 4.79 Å². The molecule has 0 amide bonds. The predicted molar refractivity (Wildman–Crippen MR) is 62.3 cm³/mol. The zero-order valence-electron chi connectivity index (χ0n) is 8.50. The Kier molecular flexibility index (Phi) is 3.22. The van der Waals surface area contributed by atoms with Gasteiger partial charge in [0.1, 0.15) is 0 Å². The molecular weight excluding hydrogens is 208 g/mol. The second-order valence-corrected chi connectivity index (χ2v) is 4.25. The third kappa shape index (κ3) is 2.48. The van der Waals surface area contributed by atoms with Gasteiger partial charge in [0.15, 0.2) is 5.78 Å². The van der Waals surface area contributed by atoms with Crippen LogP contribution in [0.5, 0.6) is 0 Å². The Labute approximate surface area is 94.8 Å². The molecule has 0 saturated heterocycles. The average Bonchev–Trinajstić information content (AvgIpc) is 2.29. The van der Waals surface area contributed by atoms with E-state index in [9.17, 15) is 4.79 Å².